The van der Waals surface area contributed by atoms with Crippen LogP contribution < -0.4 is 19.5 Å². The van der Waals surface area contributed by atoms with E-state index in [4.69, 9.17) is 25.8 Å². The molecule has 0 bridgehead atoms. The Balaban J connectivity index is 2.06. The van der Waals surface area contributed by atoms with Crippen LogP contribution in [0.2, 0.25) is 5.15 Å². The van der Waals surface area contributed by atoms with Crippen LogP contribution in [0.1, 0.15) is 36.6 Å². The minimum Gasteiger partial charge on any atom is -0.493 e. The van der Waals surface area contributed by atoms with Gasteiger partial charge in [0.05, 0.1) is 27.0 Å². The van der Waals surface area contributed by atoms with Crippen molar-refractivity contribution < 1.29 is 19.0 Å². The molecule has 1 aromatic carbocycles. The zero-order valence-corrected chi connectivity index (χ0v) is 18.3. The largest absolute Gasteiger partial charge is 0.493 e. The van der Waals surface area contributed by atoms with E-state index in [0.717, 1.165) is 36.2 Å². The van der Waals surface area contributed by atoms with Crippen LogP contribution in [0.15, 0.2) is 18.2 Å². The van der Waals surface area contributed by atoms with Crippen LogP contribution >= 0.6 is 11.6 Å². The molecule has 1 N–H and O–H groups in total. The van der Waals surface area contributed by atoms with Gasteiger partial charge in [-0.1, -0.05) is 24.9 Å². The van der Waals surface area contributed by atoms with Gasteiger partial charge in [-0.05, 0) is 37.1 Å². The van der Waals surface area contributed by atoms with Crippen molar-refractivity contribution in [1.82, 2.24) is 15.1 Å². The summed E-state index contributed by atoms with van der Waals surface area (Å²) in [6.45, 7) is 5.06. The molecule has 1 aromatic heterocycles. The molecule has 0 radical (unpaired) electrons. The Bertz CT molecular complexity index is 852. The standard InChI is InChI=1S/C21H28ClN3O4/c1-6-7-10-25-21(22)16(14(2)24-25)8-9-19(26)23-13-15-11-17(27-3)20(29-5)18(12-15)28-4/h8-9,11-12H,6-7,10,13H2,1-5H3,(H,23,26)/b9-8+. The molecule has 0 atom stereocenters. The molecule has 1 amide bonds. The maximum absolute atomic E-state index is 12.3. The Morgan fingerprint density at radius 3 is 2.41 bits per heavy atom. The van der Waals surface area contributed by atoms with E-state index in [9.17, 15) is 4.79 Å². The SMILES string of the molecule is CCCCn1nc(C)c(/C=C/C(=O)NCc2cc(OC)c(OC)c(OC)c2)c1Cl. The second kappa shape index (κ2) is 10.8. The molecule has 2 rings (SSSR count). The first kappa shape index (κ1) is 22.6. The van der Waals surface area contributed by atoms with Crippen molar-refractivity contribution in [3.63, 3.8) is 0 Å². The molecule has 29 heavy (non-hydrogen) atoms. The van der Waals surface area contributed by atoms with Gasteiger partial charge in [0.15, 0.2) is 11.5 Å². The van der Waals surface area contributed by atoms with Crippen molar-refractivity contribution in [2.24, 2.45) is 0 Å². The number of hydrogen-bond donors (Lipinski definition) is 1. The van der Waals surface area contributed by atoms with Crippen molar-refractivity contribution >= 4 is 23.6 Å². The summed E-state index contributed by atoms with van der Waals surface area (Å²) in [7, 11) is 4.65. The summed E-state index contributed by atoms with van der Waals surface area (Å²) < 4.78 is 17.7. The number of halogens is 1. The molecule has 0 saturated heterocycles. The van der Waals surface area contributed by atoms with Crippen LogP contribution in [0.5, 0.6) is 17.2 Å². The van der Waals surface area contributed by atoms with Crippen LogP contribution in [0.3, 0.4) is 0 Å². The number of nitrogens with zero attached hydrogens (tertiary/aromatic N) is 2. The summed E-state index contributed by atoms with van der Waals surface area (Å²) in [4.78, 5) is 12.3. The van der Waals surface area contributed by atoms with E-state index in [1.54, 1.807) is 44.2 Å². The highest BCUT2D eigenvalue weighted by Gasteiger charge is 2.14. The van der Waals surface area contributed by atoms with Crippen molar-refractivity contribution in [2.45, 2.75) is 39.8 Å². The molecule has 0 aliphatic carbocycles. The van der Waals surface area contributed by atoms with Crippen molar-refractivity contribution in [1.29, 1.82) is 0 Å². The van der Waals surface area contributed by atoms with Gasteiger partial charge in [0, 0.05) is 24.7 Å². The zero-order chi connectivity index (χ0) is 21.4. The van der Waals surface area contributed by atoms with E-state index in [1.807, 2.05) is 6.92 Å². The second-order valence-electron chi connectivity index (χ2n) is 6.45. The van der Waals surface area contributed by atoms with E-state index < -0.39 is 0 Å². The van der Waals surface area contributed by atoms with Crippen LogP contribution in [0, 0.1) is 6.92 Å². The molecule has 158 valence electrons. The first-order valence-corrected chi connectivity index (χ1v) is 9.80. The number of ether oxygens (including phenoxy) is 3. The fourth-order valence-corrected chi connectivity index (χ4v) is 3.18. The molecule has 0 spiro atoms. The van der Waals surface area contributed by atoms with Crippen molar-refractivity contribution in [2.75, 3.05) is 21.3 Å². The van der Waals surface area contributed by atoms with Gasteiger partial charge < -0.3 is 19.5 Å². The molecule has 0 aliphatic heterocycles. The van der Waals surface area contributed by atoms with Gasteiger partial charge in [-0.25, -0.2) is 0 Å². The number of methoxy groups -OCH3 is 3. The van der Waals surface area contributed by atoms with Crippen molar-refractivity contribution in [3.8, 4) is 17.2 Å². The fraction of sp³-hybridized carbons (Fsp3) is 0.429. The molecule has 0 fully saturated rings. The first-order chi connectivity index (χ1) is 13.9. The van der Waals surface area contributed by atoms with Gasteiger partial charge in [0.25, 0.3) is 0 Å². The summed E-state index contributed by atoms with van der Waals surface area (Å²) >= 11 is 6.39. The number of rotatable bonds is 10. The minimum absolute atomic E-state index is 0.240. The third-order valence-electron chi connectivity index (χ3n) is 4.43. The average Bonchev–Trinajstić information content (AvgIpc) is 3.00. The summed E-state index contributed by atoms with van der Waals surface area (Å²) in [6.07, 6.45) is 5.21. The van der Waals surface area contributed by atoms with Gasteiger partial charge in [0.2, 0.25) is 11.7 Å². The second-order valence-corrected chi connectivity index (χ2v) is 6.81. The number of benzene rings is 1. The van der Waals surface area contributed by atoms with E-state index in [1.165, 1.54) is 6.08 Å². The Morgan fingerprint density at radius 2 is 1.86 bits per heavy atom. The quantitative estimate of drug-likeness (QED) is 0.587. The molecule has 0 aliphatic rings. The number of nitrogens with one attached hydrogen (secondary N) is 1. The van der Waals surface area contributed by atoms with E-state index in [0.29, 0.717) is 28.9 Å². The highest BCUT2D eigenvalue weighted by molar-refractivity contribution is 6.31. The molecule has 8 heteroatoms. The summed E-state index contributed by atoms with van der Waals surface area (Å²) in [5.41, 5.74) is 2.37. The third-order valence-corrected chi connectivity index (χ3v) is 4.82. The smallest absolute Gasteiger partial charge is 0.244 e. The predicted octanol–water partition coefficient (Wildman–Crippen LogP) is 4.00. The van der Waals surface area contributed by atoms with Gasteiger partial charge in [-0.3, -0.25) is 9.48 Å². The van der Waals surface area contributed by atoms with Gasteiger partial charge in [-0.2, -0.15) is 5.10 Å². The number of amides is 1. The number of carbonyl (C=O) groups excluding carboxylic acids is 1. The van der Waals surface area contributed by atoms with Crippen LogP contribution in [0.25, 0.3) is 6.08 Å². The lowest BCUT2D eigenvalue weighted by Gasteiger charge is -2.14. The minimum atomic E-state index is -0.240. The lowest BCUT2D eigenvalue weighted by atomic mass is 10.1. The molecule has 7 nitrogen and oxygen atoms in total. The van der Waals surface area contributed by atoms with Gasteiger partial charge in [0.1, 0.15) is 5.15 Å². The Hall–Kier alpha value is -2.67. The topological polar surface area (TPSA) is 74.6 Å². The van der Waals surface area contributed by atoms with Crippen LogP contribution in [-0.4, -0.2) is 37.0 Å². The molecule has 0 unspecified atom stereocenters. The Morgan fingerprint density at radius 1 is 1.21 bits per heavy atom. The monoisotopic (exact) mass is 421 g/mol. The maximum Gasteiger partial charge on any atom is 0.244 e. The van der Waals surface area contributed by atoms with Crippen LogP contribution in [0.4, 0.5) is 0 Å². The first-order valence-electron chi connectivity index (χ1n) is 9.42. The number of hydrogen-bond acceptors (Lipinski definition) is 5. The van der Waals surface area contributed by atoms with E-state index in [2.05, 4.69) is 17.3 Å². The number of aryl methyl sites for hydroxylation is 2. The predicted molar refractivity (Wildman–Crippen MR) is 114 cm³/mol. The Kier molecular flexibility index (Phi) is 8.39. The molecular weight excluding hydrogens is 394 g/mol. The lowest BCUT2D eigenvalue weighted by Crippen LogP contribution is -2.20. The molecule has 0 saturated carbocycles. The van der Waals surface area contributed by atoms with Crippen LogP contribution in [-0.2, 0) is 17.9 Å². The van der Waals surface area contributed by atoms with Gasteiger partial charge >= 0.3 is 0 Å². The fourth-order valence-electron chi connectivity index (χ4n) is 2.86. The maximum atomic E-state index is 12.3. The van der Waals surface area contributed by atoms with Crippen molar-refractivity contribution in [3.05, 3.63) is 40.2 Å². The van der Waals surface area contributed by atoms with Gasteiger partial charge in [-0.15, -0.1) is 0 Å². The Labute approximate surface area is 176 Å². The normalized spacial score (nSPS) is 11.0. The zero-order valence-electron chi connectivity index (χ0n) is 17.5. The summed E-state index contributed by atoms with van der Waals surface area (Å²) in [6, 6.07) is 3.59. The molecular formula is C21H28ClN3O4. The summed E-state index contributed by atoms with van der Waals surface area (Å²) in [5.74, 6) is 1.34. The van der Waals surface area contributed by atoms with E-state index >= 15 is 0 Å². The third kappa shape index (κ3) is 5.67. The molecule has 2 aromatic rings. The highest BCUT2D eigenvalue weighted by Crippen LogP contribution is 2.38. The summed E-state index contributed by atoms with van der Waals surface area (Å²) in [5, 5.41) is 7.82. The van der Waals surface area contributed by atoms with E-state index in [-0.39, 0.29) is 5.91 Å². The number of carbonyl (C=O) groups is 1. The number of aromatic nitrogens is 2. The highest BCUT2D eigenvalue weighted by atomic mass is 35.5. The average molecular weight is 422 g/mol. The number of unbranched alkanes of at least 4 members (excludes halogenated alkanes) is 1. The molecule has 1 heterocycles. The lowest BCUT2D eigenvalue weighted by molar-refractivity contribution is -0.116.